The Morgan fingerprint density at radius 1 is 0.853 bits per heavy atom. The van der Waals surface area contributed by atoms with E-state index in [-0.39, 0.29) is 0 Å². The van der Waals surface area contributed by atoms with Crippen molar-refractivity contribution in [2.24, 2.45) is 5.73 Å². The summed E-state index contributed by atoms with van der Waals surface area (Å²) in [7, 11) is 0. The highest BCUT2D eigenvalue weighted by molar-refractivity contribution is 6.30. The molecule has 0 spiro atoms. The molecule has 1 amide bonds. The van der Waals surface area contributed by atoms with Crippen molar-refractivity contribution in [2.45, 2.75) is 12.7 Å². The molecule has 5 aromatic rings. The molecule has 0 aliphatic heterocycles. The zero-order valence-electron chi connectivity index (χ0n) is 17.7. The first-order chi connectivity index (χ1) is 16.2. The lowest BCUT2D eigenvalue weighted by Crippen LogP contribution is -2.11. The molecule has 4 aromatic carbocycles. The van der Waals surface area contributed by atoms with E-state index in [0.29, 0.717) is 22.7 Å². The van der Waals surface area contributed by atoms with Crippen LogP contribution in [0.1, 0.15) is 21.5 Å². The topological polar surface area (TPSA) is 48.0 Å². The quantitative estimate of drug-likeness (QED) is 0.290. The van der Waals surface area contributed by atoms with Crippen molar-refractivity contribution in [1.29, 1.82) is 0 Å². The number of hydrogen-bond donors (Lipinski definition) is 1. The highest BCUT2D eigenvalue weighted by Gasteiger charge is 2.30. The minimum absolute atomic E-state index is 0.324. The third kappa shape index (κ3) is 3.90. The monoisotopic (exact) mass is 478 g/mol. The molecule has 2 N–H and O–H groups in total. The van der Waals surface area contributed by atoms with E-state index in [0.717, 1.165) is 45.1 Å². The molecule has 1 aromatic heterocycles. The molecule has 0 aliphatic carbocycles. The van der Waals surface area contributed by atoms with E-state index < -0.39 is 17.6 Å². The van der Waals surface area contributed by atoms with E-state index in [2.05, 4.69) is 0 Å². The van der Waals surface area contributed by atoms with E-state index >= 15 is 0 Å². The molecular formula is C27H18ClF3N2O. The van der Waals surface area contributed by atoms with Crippen LogP contribution in [-0.2, 0) is 12.7 Å². The van der Waals surface area contributed by atoms with Gasteiger partial charge in [-0.1, -0.05) is 54.1 Å². The first-order valence-electron chi connectivity index (χ1n) is 10.5. The van der Waals surface area contributed by atoms with Crippen LogP contribution in [0.2, 0.25) is 5.02 Å². The van der Waals surface area contributed by atoms with Crippen molar-refractivity contribution < 1.29 is 18.0 Å². The number of alkyl halides is 3. The van der Waals surface area contributed by atoms with Gasteiger partial charge >= 0.3 is 6.18 Å². The number of rotatable bonds is 4. The lowest BCUT2D eigenvalue weighted by atomic mass is 10.0. The number of halogens is 4. The van der Waals surface area contributed by atoms with E-state index in [4.69, 9.17) is 17.3 Å². The third-order valence-corrected chi connectivity index (χ3v) is 6.21. The Labute approximate surface area is 198 Å². The van der Waals surface area contributed by atoms with Crippen molar-refractivity contribution in [3.05, 3.63) is 107 Å². The molecule has 0 aliphatic rings. The number of aromatic nitrogens is 1. The predicted molar refractivity (Wildman–Crippen MR) is 129 cm³/mol. The molecule has 0 bridgehead atoms. The Morgan fingerprint density at radius 3 is 2.18 bits per heavy atom. The van der Waals surface area contributed by atoms with E-state index in [1.165, 1.54) is 12.1 Å². The SMILES string of the molecule is NC(=O)c1cccc2c1c1ccc(-c3ccc(Cl)cc3)cc1n2Cc1ccc(C(F)(F)F)cc1. The Hall–Kier alpha value is -3.77. The largest absolute Gasteiger partial charge is 0.416 e. The number of carbonyl (C=O) groups excluding carboxylic acids is 1. The first-order valence-corrected chi connectivity index (χ1v) is 10.9. The average Bonchev–Trinajstić information content (AvgIpc) is 3.12. The van der Waals surface area contributed by atoms with Gasteiger partial charge in [-0.15, -0.1) is 0 Å². The standard InChI is InChI=1S/C27H18ClF3N2O/c28-20-11-6-17(7-12-20)18-8-13-21-24(14-18)33(23-3-1-2-22(25(21)23)26(32)34)15-16-4-9-19(10-5-16)27(29,30)31/h1-14H,15H2,(H2,32,34). The van der Waals surface area contributed by atoms with Crippen LogP contribution >= 0.6 is 11.6 Å². The molecule has 0 radical (unpaired) electrons. The highest BCUT2D eigenvalue weighted by Crippen LogP contribution is 2.36. The number of nitrogens with two attached hydrogens (primary N) is 1. The van der Waals surface area contributed by atoms with Crippen LogP contribution in [0.25, 0.3) is 32.9 Å². The van der Waals surface area contributed by atoms with Gasteiger partial charge in [-0.2, -0.15) is 13.2 Å². The van der Waals surface area contributed by atoms with Crippen LogP contribution in [0.4, 0.5) is 13.2 Å². The summed E-state index contributed by atoms with van der Waals surface area (Å²) < 4.78 is 41.0. The minimum atomic E-state index is -4.39. The summed E-state index contributed by atoms with van der Waals surface area (Å²) >= 11 is 6.03. The number of benzene rings is 4. The maximum Gasteiger partial charge on any atom is 0.416 e. The van der Waals surface area contributed by atoms with Crippen molar-refractivity contribution >= 4 is 39.3 Å². The van der Waals surface area contributed by atoms with Crippen LogP contribution in [0, 0.1) is 0 Å². The van der Waals surface area contributed by atoms with Crippen molar-refractivity contribution in [2.75, 3.05) is 0 Å². The van der Waals surface area contributed by atoms with Crippen LogP contribution in [-0.4, -0.2) is 10.5 Å². The Kier molecular flexibility index (Phi) is 5.33. The molecule has 170 valence electrons. The Morgan fingerprint density at radius 2 is 1.53 bits per heavy atom. The second kappa shape index (κ2) is 8.22. The highest BCUT2D eigenvalue weighted by atomic mass is 35.5. The first kappa shape index (κ1) is 22.0. The van der Waals surface area contributed by atoms with Crippen molar-refractivity contribution in [3.63, 3.8) is 0 Å². The molecule has 0 fully saturated rings. The normalized spacial score (nSPS) is 11.9. The molecule has 7 heteroatoms. The van der Waals surface area contributed by atoms with Gasteiger partial charge in [-0.05, 0) is 59.2 Å². The van der Waals surface area contributed by atoms with Crippen LogP contribution < -0.4 is 5.73 Å². The number of amides is 1. The fourth-order valence-corrected chi connectivity index (χ4v) is 4.45. The summed E-state index contributed by atoms with van der Waals surface area (Å²) in [6.45, 7) is 0.324. The van der Waals surface area contributed by atoms with Gasteiger partial charge in [0, 0.05) is 27.9 Å². The smallest absolute Gasteiger partial charge is 0.366 e. The average molecular weight is 479 g/mol. The molecular weight excluding hydrogens is 461 g/mol. The molecule has 0 atom stereocenters. The summed E-state index contributed by atoms with van der Waals surface area (Å²) in [6.07, 6.45) is -4.39. The fraction of sp³-hybridized carbons (Fsp3) is 0.0741. The maximum atomic E-state index is 13.0. The van der Waals surface area contributed by atoms with Gasteiger partial charge < -0.3 is 10.3 Å². The molecule has 5 rings (SSSR count). The summed E-state index contributed by atoms with van der Waals surface area (Å²) in [5.41, 5.74) is 9.59. The number of fused-ring (bicyclic) bond motifs is 3. The second-order valence-corrected chi connectivity index (χ2v) is 8.52. The summed E-state index contributed by atoms with van der Waals surface area (Å²) in [5, 5.41) is 2.20. The van der Waals surface area contributed by atoms with Gasteiger partial charge in [0.15, 0.2) is 0 Å². The predicted octanol–water partition coefficient (Wildman–Crippen LogP) is 7.28. The maximum absolute atomic E-state index is 13.0. The zero-order valence-corrected chi connectivity index (χ0v) is 18.5. The van der Waals surface area contributed by atoms with Crippen LogP contribution in [0.3, 0.4) is 0 Å². The van der Waals surface area contributed by atoms with Crippen LogP contribution in [0.15, 0.2) is 84.9 Å². The summed E-state index contributed by atoms with van der Waals surface area (Å²) in [5.74, 6) is -0.541. The van der Waals surface area contributed by atoms with Crippen molar-refractivity contribution in [3.8, 4) is 11.1 Å². The van der Waals surface area contributed by atoms with E-state index in [1.807, 2.05) is 53.1 Å². The van der Waals surface area contributed by atoms with E-state index in [1.54, 1.807) is 12.1 Å². The fourth-order valence-electron chi connectivity index (χ4n) is 4.32. The number of hydrogen-bond acceptors (Lipinski definition) is 1. The lowest BCUT2D eigenvalue weighted by Gasteiger charge is -2.11. The number of primary amides is 1. The molecule has 34 heavy (non-hydrogen) atoms. The molecule has 1 heterocycles. The van der Waals surface area contributed by atoms with Gasteiger partial charge in [0.2, 0.25) is 5.91 Å². The van der Waals surface area contributed by atoms with Gasteiger partial charge in [0.1, 0.15) is 0 Å². The molecule has 0 saturated heterocycles. The van der Waals surface area contributed by atoms with Crippen LogP contribution in [0.5, 0.6) is 0 Å². The minimum Gasteiger partial charge on any atom is -0.366 e. The second-order valence-electron chi connectivity index (χ2n) is 8.08. The lowest BCUT2D eigenvalue weighted by molar-refractivity contribution is -0.137. The van der Waals surface area contributed by atoms with Gasteiger partial charge in [0.05, 0.1) is 16.6 Å². The molecule has 0 saturated carbocycles. The van der Waals surface area contributed by atoms with Crippen molar-refractivity contribution in [1.82, 2.24) is 4.57 Å². The zero-order chi connectivity index (χ0) is 24.0. The Bertz CT molecular complexity index is 1540. The molecule has 0 unspecified atom stereocenters. The van der Waals surface area contributed by atoms with Gasteiger partial charge in [0.25, 0.3) is 0 Å². The third-order valence-electron chi connectivity index (χ3n) is 5.96. The van der Waals surface area contributed by atoms with Gasteiger partial charge in [-0.3, -0.25) is 4.79 Å². The number of carbonyl (C=O) groups is 1. The Balaban J connectivity index is 1.72. The van der Waals surface area contributed by atoms with E-state index in [9.17, 15) is 18.0 Å². The summed E-state index contributed by atoms with van der Waals surface area (Å²) in [6, 6.07) is 23.8. The molecule has 3 nitrogen and oxygen atoms in total. The van der Waals surface area contributed by atoms with Gasteiger partial charge in [-0.25, -0.2) is 0 Å². The summed E-state index contributed by atoms with van der Waals surface area (Å²) in [4.78, 5) is 12.2. The number of nitrogens with zero attached hydrogens (tertiary/aromatic N) is 1.